The summed E-state index contributed by atoms with van der Waals surface area (Å²) in [4.78, 5) is 0. The molecule has 36 heavy (non-hydrogen) atoms. The second kappa shape index (κ2) is 12.0. The molecule has 3 heteroatoms. The SMILES string of the molecule is C=Cc1ccc2c(c1)-c1cc(C=C)c[c](/[Zr+2]([C]3=CC(C)=CC3C)=[C](/CC)c3ccccc3)c1C2.[Cl-].[Cl-]. The van der Waals surface area contributed by atoms with E-state index < -0.39 is 21.3 Å². The molecule has 1 atom stereocenters. The number of fused-ring (bicyclic) bond motifs is 3. The van der Waals surface area contributed by atoms with Crippen LogP contribution in [0.1, 0.15) is 55.0 Å². The molecule has 0 saturated heterocycles. The summed E-state index contributed by atoms with van der Waals surface area (Å²) in [6.07, 6.45) is 11.1. The van der Waals surface area contributed by atoms with Crippen LogP contribution >= 0.6 is 0 Å². The van der Waals surface area contributed by atoms with Crippen LogP contribution in [0.5, 0.6) is 0 Å². The molecule has 0 saturated carbocycles. The quantitative estimate of drug-likeness (QED) is 0.322. The van der Waals surface area contributed by atoms with Gasteiger partial charge in [0, 0.05) is 0 Å². The van der Waals surface area contributed by atoms with Crippen LogP contribution < -0.4 is 28.1 Å². The van der Waals surface area contributed by atoms with E-state index in [2.05, 4.69) is 107 Å². The summed E-state index contributed by atoms with van der Waals surface area (Å²) >= 11 is -2.46. The van der Waals surface area contributed by atoms with Gasteiger partial charge in [0.15, 0.2) is 0 Å². The molecular formula is C33H32Cl2Zr. The molecule has 5 rings (SSSR count). The maximum atomic E-state index is 4.17. The minimum absolute atomic E-state index is 0. The predicted molar refractivity (Wildman–Crippen MR) is 146 cm³/mol. The zero-order valence-corrected chi connectivity index (χ0v) is 25.2. The summed E-state index contributed by atoms with van der Waals surface area (Å²) < 4.78 is 5.02. The van der Waals surface area contributed by atoms with Crippen LogP contribution in [0.4, 0.5) is 0 Å². The first-order valence-electron chi connectivity index (χ1n) is 12.3. The van der Waals surface area contributed by atoms with E-state index in [4.69, 9.17) is 0 Å². The van der Waals surface area contributed by atoms with Gasteiger partial charge in [-0.2, -0.15) is 0 Å². The van der Waals surface area contributed by atoms with Crippen molar-refractivity contribution in [1.82, 2.24) is 0 Å². The van der Waals surface area contributed by atoms with E-state index in [1.165, 1.54) is 39.0 Å². The van der Waals surface area contributed by atoms with Crippen molar-refractivity contribution in [3.63, 3.8) is 0 Å². The molecule has 0 fully saturated rings. The average Bonchev–Trinajstić information content (AvgIpc) is 3.40. The number of rotatable bonds is 6. The van der Waals surface area contributed by atoms with E-state index in [0.717, 1.165) is 12.8 Å². The van der Waals surface area contributed by atoms with Crippen LogP contribution in [-0.4, -0.2) is 3.21 Å². The third-order valence-electron chi connectivity index (χ3n) is 7.26. The number of hydrogen-bond donors (Lipinski definition) is 0. The molecule has 1 unspecified atom stereocenters. The second-order valence-electron chi connectivity index (χ2n) is 9.47. The van der Waals surface area contributed by atoms with E-state index in [0.29, 0.717) is 5.92 Å². The Labute approximate surface area is 236 Å². The Kier molecular flexibility index (Phi) is 9.51. The molecule has 2 aliphatic rings. The number of allylic oxidation sites excluding steroid dienone is 4. The molecule has 182 valence electrons. The third kappa shape index (κ3) is 5.17. The predicted octanol–water partition coefficient (Wildman–Crippen LogP) is 1.91. The Morgan fingerprint density at radius 1 is 0.944 bits per heavy atom. The van der Waals surface area contributed by atoms with Gasteiger partial charge < -0.3 is 24.8 Å². The summed E-state index contributed by atoms with van der Waals surface area (Å²) in [5.74, 6) is 0.513. The molecule has 0 bridgehead atoms. The summed E-state index contributed by atoms with van der Waals surface area (Å²) in [5.41, 5.74) is 11.0. The Morgan fingerprint density at radius 3 is 2.25 bits per heavy atom. The third-order valence-corrected chi connectivity index (χ3v) is 15.6. The Bertz CT molecular complexity index is 1410. The Balaban J connectivity index is 0.00000180. The van der Waals surface area contributed by atoms with Gasteiger partial charge in [-0.15, -0.1) is 0 Å². The fourth-order valence-electron chi connectivity index (χ4n) is 5.65. The van der Waals surface area contributed by atoms with Gasteiger partial charge in [-0.25, -0.2) is 0 Å². The first-order chi connectivity index (χ1) is 16.5. The van der Waals surface area contributed by atoms with E-state index in [1.807, 2.05) is 12.2 Å². The van der Waals surface area contributed by atoms with Gasteiger partial charge in [0.1, 0.15) is 0 Å². The molecule has 3 aromatic carbocycles. The van der Waals surface area contributed by atoms with Gasteiger partial charge in [-0.3, -0.25) is 0 Å². The van der Waals surface area contributed by atoms with Gasteiger partial charge in [-0.05, 0) is 0 Å². The van der Waals surface area contributed by atoms with Crippen molar-refractivity contribution >= 4 is 18.6 Å². The van der Waals surface area contributed by atoms with E-state index in [-0.39, 0.29) is 24.8 Å². The van der Waals surface area contributed by atoms with Crippen LogP contribution in [0.25, 0.3) is 23.3 Å². The summed E-state index contributed by atoms with van der Waals surface area (Å²) in [6.45, 7) is 15.2. The molecule has 0 spiro atoms. The number of halogens is 2. The van der Waals surface area contributed by atoms with Crippen molar-refractivity contribution in [3.05, 3.63) is 123 Å². The molecule has 0 heterocycles. The molecule has 0 aliphatic heterocycles. The van der Waals surface area contributed by atoms with Crippen LogP contribution in [0.15, 0.2) is 94.8 Å². The Hall–Kier alpha value is -2.05. The summed E-state index contributed by atoms with van der Waals surface area (Å²) in [7, 11) is 0. The number of benzene rings is 3. The zero-order chi connectivity index (χ0) is 23.8. The number of hydrogen-bond acceptors (Lipinski definition) is 0. The van der Waals surface area contributed by atoms with Gasteiger partial charge in [-0.1, -0.05) is 0 Å². The maximum absolute atomic E-state index is 4.17. The summed E-state index contributed by atoms with van der Waals surface area (Å²) in [6, 6.07) is 22.8. The molecule has 0 radical (unpaired) electrons. The van der Waals surface area contributed by atoms with Crippen molar-refractivity contribution in [2.24, 2.45) is 5.92 Å². The van der Waals surface area contributed by atoms with Gasteiger partial charge >= 0.3 is 213 Å². The maximum Gasteiger partial charge on any atom is -1.00 e. The molecular weight excluding hydrogens is 558 g/mol. The molecule has 0 nitrogen and oxygen atoms in total. The second-order valence-corrected chi connectivity index (χ2v) is 15.5. The van der Waals surface area contributed by atoms with Crippen LogP contribution in [0.3, 0.4) is 0 Å². The molecule has 0 amide bonds. The fraction of sp³-hybridized carbons (Fsp3) is 0.182. The monoisotopic (exact) mass is 588 g/mol. The first-order valence-corrected chi connectivity index (χ1v) is 16.0. The Morgan fingerprint density at radius 2 is 1.64 bits per heavy atom. The van der Waals surface area contributed by atoms with Crippen LogP contribution in [0.2, 0.25) is 0 Å². The molecule has 2 aliphatic carbocycles. The van der Waals surface area contributed by atoms with E-state index >= 15 is 0 Å². The minimum atomic E-state index is -2.46. The van der Waals surface area contributed by atoms with Crippen molar-refractivity contribution in [3.8, 4) is 11.1 Å². The molecule has 0 aromatic heterocycles. The van der Waals surface area contributed by atoms with Crippen LogP contribution in [-0.2, 0) is 27.7 Å². The van der Waals surface area contributed by atoms with Gasteiger partial charge in [0.25, 0.3) is 0 Å². The van der Waals surface area contributed by atoms with Crippen molar-refractivity contribution < 1.29 is 46.1 Å². The van der Waals surface area contributed by atoms with E-state index in [9.17, 15) is 0 Å². The van der Waals surface area contributed by atoms with Gasteiger partial charge in [0.2, 0.25) is 0 Å². The zero-order valence-electron chi connectivity index (χ0n) is 21.2. The normalized spacial score (nSPS) is 15.4. The molecule has 0 N–H and O–H groups in total. The fourth-order valence-corrected chi connectivity index (χ4v) is 14.3. The minimum Gasteiger partial charge on any atom is -1.00 e. The topological polar surface area (TPSA) is 0 Å². The molecule has 3 aromatic rings. The largest absolute Gasteiger partial charge is 1.00 e. The summed E-state index contributed by atoms with van der Waals surface area (Å²) in [5, 5.41) is 0. The van der Waals surface area contributed by atoms with Gasteiger partial charge in [0.05, 0.1) is 0 Å². The van der Waals surface area contributed by atoms with Crippen molar-refractivity contribution in [2.75, 3.05) is 0 Å². The average molecular weight is 591 g/mol. The van der Waals surface area contributed by atoms with Crippen LogP contribution in [0, 0.1) is 5.92 Å². The van der Waals surface area contributed by atoms with Crippen molar-refractivity contribution in [1.29, 1.82) is 0 Å². The van der Waals surface area contributed by atoms with E-state index in [1.54, 1.807) is 15.3 Å². The smallest absolute Gasteiger partial charge is 1.00 e. The standard InChI is InChI=1S/C17H13.C9H10.C7H9.2ClH.Zr/c1-3-12-5-7-14-11-15-8-6-13(4-2)10-17(15)16(14)9-12;1-2-6-9-7-4-3-5-8-9;1-6-3-4-7(2)5-6;;;/h3-7,9-10H,1-2,11H2;3-5,7-8H,2H2,1H3;3,5,7H,1-2H3;2*1H;/q;;;;;+2/p-2. The first kappa shape index (κ1) is 28.5. The van der Waals surface area contributed by atoms with Crippen molar-refractivity contribution in [2.45, 2.75) is 33.6 Å².